The molecule has 226 valence electrons. The number of benzene rings is 4. The number of hydrogen-bond acceptors (Lipinski definition) is 5. The molecule has 1 heterocycles. The number of anilines is 2. The van der Waals surface area contributed by atoms with Gasteiger partial charge in [0.15, 0.2) is 0 Å². The summed E-state index contributed by atoms with van der Waals surface area (Å²) in [5.74, 6) is -0.887. The maximum absolute atomic E-state index is 14.1. The van der Waals surface area contributed by atoms with E-state index in [0.717, 1.165) is 10.5 Å². The Bertz CT molecular complexity index is 1840. The lowest BCUT2D eigenvalue weighted by atomic mass is 10.2. The Hall–Kier alpha value is -4.93. The molecule has 5 aromatic rings. The first-order chi connectivity index (χ1) is 21.7. The SMILES string of the molecule is C[C@H](Sc1ccc(NC(=O)/C(=C\c2ccc(-c3ccccc3)o2)NC(=O)c2ccccc2)cc1)C(=O)Nc1ccc(Br)cc1F. The maximum Gasteiger partial charge on any atom is 0.272 e. The van der Waals surface area contributed by atoms with E-state index in [2.05, 4.69) is 31.9 Å². The highest BCUT2D eigenvalue weighted by Gasteiger charge is 2.18. The van der Waals surface area contributed by atoms with E-state index < -0.39 is 22.9 Å². The van der Waals surface area contributed by atoms with Crippen molar-refractivity contribution in [1.29, 1.82) is 0 Å². The fraction of sp³-hybridized carbons (Fsp3) is 0.0571. The van der Waals surface area contributed by atoms with Crippen molar-refractivity contribution in [2.24, 2.45) is 0 Å². The van der Waals surface area contributed by atoms with Gasteiger partial charge in [-0.25, -0.2) is 4.39 Å². The second kappa shape index (κ2) is 14.7. The summed E-state index contributed by atoms with van der Waals surface area (Å²) in [6.07, 6.45) is 1.47. The number of carbonyl (C=O) groups is 3. The van der Waals surface area contributed by atoms with Gasteiger partial charge >= 0.3 is 0 Å². The molecule has 45 heavy (non-hydrogen) atoms. The van der Waals surface area contributed by atoms with Crippen molar-refractivity contribution in [1.82, 2.24) is 5.32 Å². The minimum absolute atomic E-state index is 0.0123. The van der Waals surface area contributed by atoms with Gasteiger partial charge in [0.05, 0.1) is 10.9 Å². The number of furan rings is 1. The number of amides is 3. The minimum Gasteiger partial charge on any atom is -0.457 e. The summed E-state index contributed by atoms with van der Waals surface area (Å²) in [6.45, 7) is 1.72. The average molecular weight is 685 g/mol. The third-order valence-corrected chi connectivity index (χ3v) is 8.09. The third kappa shape index (κ3) is 8.59. The van der Waals surface area contributed by atoms with E-state index in [1.54, 1.807) is 79.7 Å². The minimum atomic E-state index is -0.554. The number of halogens is 2. The molecule has 4 aromatic carbocycles. The summed E-state index contributed by atoms with van der Waals surface area (Å²) in [6, 6.07) is 32.9. The monoisotopic (exact) mass is 683 g/mol. The van der Waals surface area contributed by atoms with Crippen LogP contribution in [0.1, 0.15) is 23.0 Å². The molecule has 0 spiro atoms. The van der Waals surface area contributed by atoms with Gasteiger partial charge in [-0.3, -0.25) is 14.4 Å². The molecule has 3 N–H and O–H groups in total. The molecule has 10 heteroatoms. The Morgan fingerprint density at radius 1 is 0.844 bits per heavy atom. The zero-order valence-electron chi connectivity index (χ0n) is 23.9. The molecule has 0 radical (unpaired) electrons. The summed E-state index contributed by atoms with van der Waals surface area (Å²) in [7, 11) is 0. The maximum atomic E-state index is 14.1. The van der Waals surface area contributed by atoms with Crippen LogP contribution in [0.15, 0.2) is 135 Å². The highest BCUT2D eigenvalue weighted by atomic mass is 79.9. The lowest BCUT2D eigenvalue weighted by Crippen LogP contribution is -2.30. The Morgan fingerprint density at radius 3 is 2.22 bits per heavy atom. The quantitative estimate of drug-likeness (QED) is 0.101. The third-order valence-electron chi connectivity index (χ3n) is 6.48. The van der Waals surface area contributed by atoms with Gasteiger partial charge in [-0.15, -0.1) is 11.8 Å². The first kappa shape index (κ1) is 31.5. The first-order valence-corrected chi connectivity index (χ1v) is 15.5. The number of nitrogens with one attached hydrogen (secondary N) is 3. The van der Waals surface area contributed by atoms with Crippen molar-refractivity contribution >= 4 is 62.9 Å². The van der Waals surface area contributed by atoms with Crippen LogP contribution < -0.4 is 16.0 Å². The van der Waals surface area contributed by atoms with Gasteiger partial charge < -0.3 is 20.4 Å². The van der Waals surface area contributed by atoms with Gasteiger partial charge in [0, 0.05) is 32.3 Å². The van der Waals surface area contributed by atoms with Crippen molar-refractivity contribution in [2.45, 2.75) is 17.1 Å². The van der Waals surface area contributed by atoms with Crippen LogP contribution >= 0.6 is 27.7 Å². The van der Waals surface area contributed by atoms with E-state index in [0.29, 0.717) is 27.2 Å². The summed E-state index contributed by atoms with van der Waals surface area (Å²) in [4.78, 5) is 39.8. The van der Waals surface area contributed by atoms with Gasteiger partial charge in [-0.2, -0.15) is 0 Å². The highest BCUT2D eigenvalue weighted by Crippen LogP contribution is 2.27. The standard InChI is InChI=1S/C35H27BrFN3O4S/c1-22(33(41)39-30-18-12-25(36)20-29(30)37)45-28-16-13-26(14-17-28)38-35(43)31(40-34(42)24-10-6-3-7-11-24)21-27-15-19-32(44-27)23-8-4-2-5-9-23/h2-22H,1H3,(H,38,43)(H,39,41)(H,40,42)/b31-21+/t22-/m0/s1. The number of rotatable bonds is 10. The van der Waals surface area contributed by atoms with Crippen LogP contribution in [0.5, 0.6) is 0 Å². The number of carbonyl (C=O) groups excluding carboxylic acids is 3. The van der Waals surface area contributed by atoms with E-state index in [4.69, 9.17) is 4.42 Å². The molecule has 0 fully saturated rings. The van der Waals surface area contributed by atoms with E-state index in [-0.39, 0.29) is 17.3 Å². The summed E-state index contributed by atoms with van der Waals surface area (Å²) >= 11 is 4.48. The van der Waals surface area contributed by atoms with Crippen LogP contribution in [0.4, 0.5) is 15.8 Å². The van der Waals surface area contributed by atoms with Crippen LogP contribution in [0, 0.1) is 5.82 Å². The van der Waals surface area contributed by atoms with Crippen LogP contribution in [-0.4, -0.2) is 23.0 Å². The largest absolute Gasteiger partial charge is 0.457 e. The van der Waals surface area contributed by atoms with Crippen molar-refractivity contribution in [2.75, 3.05) is 10.6 Å². The highest BCUT2D eigenvalue weighted by molar-refractivity contribution is 9.10. The second-order valence-electron chi connectivity index (χ2n) is 9.80. The zero-order valence-corrected chi connectivity index (χ0v) is 26.3. The molecule has 0 saturated carbocycles. The van der Waals surface area contributed by atoms with Crippen molar-refractivity contribution in [3.05, 3.63) is 143 Å². The molecule has 0 bridgehead atoms. The van der Waals surface area contributed by atoms with Crippen LogP contribution in [0.3, 0.4) is 0 Å². The molecule has 0 aliphatic carbocycles. The van der Waals surface area contributed by atoms with Crippen LogP contribution in [0.25, 0.3) is 17.4 Å². The van der Waals surface area contributed by atoms with Gasteiger partial charge in [-0.05, 0) is 73.7 Å². The first-order valence-electron chi connectivity index (χ1n) is 13.8. The lowest BCUT2D eigenvalue weighted by molar-refractivity contribution is -0.115. The van der Waals surface area contributed by atoms with Crippen LogP contribution in [-0.2, 0) is 9.59 Å². The molecule has 0 unspecified atom stereocenters. The summed E-state index contributed by atoms with van der Waals surface area (Å²) in [5, 5.41) is 7.59. The second-order valence-corrected chi connectivity index (χ2v) is 12.1. The Kier molecular flexibility index (Phi) is 10.3. The van der Waals surface area contributed by atoms with Crippen LogP contribution in [0.2, 0.25) is 0 Å². The van der Waals surface area contributed by atoms with Crippen molar-refractivity contribution < 1.29 is 23.2 Å². The normalized spacial score (nSPS) is 11.8. The Balaban J connectivity index is 1.27. The summed E-state index contributed by atoms with van der Waals surface area (Å²) < 4.78 is 20.7. The molecule has 0 aliphatic rings. The Labute approximate surface area is 272 Å². The Morgan fingerprint density at radius 2 is 1.53 bits per heavy atom. The van der Waals surface area contributed by atoms with Gasteiger partial charge in [-0.1, -0.05) is 64.5 Å². The van der Waals surface area contributed by atoms with Crippen molar-refractivity contribution in [3.63, 3.8) is 0 Å². The summed E-state index contributed by atoms with van der Waals surface area (Å²) in [5.41, 5.74) is 1.83. The fourth-order valence-corrected chi connectivity index (χ4v) is 5.37. The van der Waals surface area contributed by atoms with E-state index in [9.17, 15) is 18.8 Å². The number of hydrogen-bond donors (Lipinski definition) is 3. The van der Waals surface area contributed by atoms with Gasteiger partial charge in [0.25, 0.3) is 11.8 Å². The van der Waals surface area contributed by atoms with E-state index in [1.807, 2.05) is 30.3 Å². The predicted octanol–water partition coefficient (Wildman–Crippen LogP) is 8.38. The molecule has 7 nitrogen and oxygen atoms in total. The smallest absolute Gasteiger partial charge is 0.272 e. The average Bonchev–Trinajstić information content (AvgIpc) is 3.52. The number of thioether (sulfide) groups is 1. The van der Waals surface area contributed by atoms with Gasteiger partial charge in [0.2, 0.25) is 5.91 Å². The zero-order chi connectivity index (χ0) is 31.8. The molecule has 0 aliphatic heterocycles. The molecule has 5 rings (SSSR count). The lowest BCUT2D eigenvalue weighted by Gasteiger charge is -2.14. The fourth-order valence-electron chi connectivity index (χ4n) is 4.17. The molecular weight excluding hydrogens is 657 g/mol. The predicted molar refractivity (Wildman–Crippen MR) is 179 cm³/mol. The molecule has 0 saturated heterocycles. The van der Waals surface area contributed by atoms with E-state index >= 15 is 0 Å². The molecule has 1 atom stereocenters. The van der Waals surface area contributed by atoms with E-state index in [1.165, 1.54) is 30.0 Å². The topological polar surface area (TPSA) is 100 Å². The molecule has 3 amide bonds. The van der Waals surface area contributed by atoms with Gasteiger partial charge in [0.1, 0.15) is 23.0 Å². The molecule has 1 aromatic heterocycles. The molecular formula is C35H27BrFN3O4S. The van der Waals surface area contributed by atoms with Crippen molar-refractivity contribution in [3.8, 4) is 11.3 Å².